The Morgan fingerprint density at radius 1 is 1.44 bits per heavy atom. The summed E-state index contributed by atoms with van der Waals surface area (Å²) >= 11 is 6.23. The van der Waals surface area contributed by atoms with Crippen molar-refractivity contribution >= 4 is 23.6 Å². The molecule has 0 radical (unpaired) electrons. The molecule has 1 aliphatic heterocycles. The van der Waals surface area contributed by atoms with Crippen LogP contribution in [0.4, 0.5) is 0 Å². The zero-order valence-electron chi connectivity index (χ0n) is 16.3. The van der Waals surface area contributed by atoms with Crippen molar-refractivity contribution in [3.8, 4) is 5.75 Å². The summed E-state index contributed by atoms with van der Waals surface area (Å²) in [6.07, 6.45) is 12.1. The molecule has 1 N–H and O–H groups in total. The van der Waals surface area contributed by atoms with E-state index in [4.69, 9.17) is 16.3 Å². The van der Waals surface area contributed by atoms with E-state index < -0.39 is 0 Å². The first-order valence-electron chi connectivity index (χ1n) is 10.0. The number of likely N-dealkylation sites (tertiary alicyclic amines) is 1. The van der Waals surface area contributed by atoms with Crippen LogP contribution in [0, 0.1) is 5.92 Å². The predicted octanol–water partition coefficient (Wildman–Crippen LogP) is 3.92. The van der Waals surface area contributed by atoms with Gasteiger partial charge in [-0.1, -0.05) is 36.6 Å². The number of nitrogens with zero attached hydrogens (tertiary/aromatic N) is 2. The molecule has 1 aromatic heterocycles. The number of pyridine rings is 1. The topological polar surface area (TPSA) is 54.5 Å². The maximum atomic E-state index is 12.6. The molecule has 1 amide bonds. The summed E-state index contributed by atoms with van der Waals surface area (Å²) in [5.74, 6) is 1.13. The maximum absolute atomic E-state index is 12.6. The fraction of sp³-hybridized carbons (Fsp3) is 0.619. The first-order chi connectivity index (χ1) is 13.1. The van der Waals surface area contributed by atoms with E-state index >= 15 is 0 Å². The fourth-order valence-corrected chi connectivity index (χ4v) is 3.93. The highest BCUT2D eigenvalue weighted by Gasteiger charge is 2.33. The molecule has 148 valence electrons. The van der Waals surface area contributed by atoms with E-state index in [0.717, 1.165) is 37.8 Å². The zero-order chi connectivity index (χ0) is 19.2. The molecule has 6 heteroatoms. The largest absolute Gasteiger partial charge is 0.485 e. The number of carbonyl (C=O) groups is 1. The number of rotatable bonds is 7. The van der Waals surface area contributed by atoms with E-state index in [1.807, 2.05) is 24.1 Å². The van der Waals surface area contributed by atoms with E-state index in [0.29, 0.717) is 29.4 Å². The molecule has 0 unspecified atom stereocenters. The quantitative estimate of drug-likeness (QED) is 0.716. The van der Waals surface area contributed by atoms with Gasteiger partial charge in [-0.15, -0.1) is 0 Å². The van der Waals surface area contributed by atoms with Crippen LogP contribution in [0.1, 0.15) is 51.0 Å². The minimum atomic E-state index is -0.0156. The Morgan fingerprint density at radius 2 is 2.22 bits per heavy atom. The first-order valence-corrected chi connectivity index (χ1v) is 10.4. The zero-order valence-corrected chi connectivity index (χ0v) is 17.0. The van der Waals surface area contributed by atoms with Gasteiger partial charge < -0.3 is 15.0 Å². The second-order valence-electron chi connectivity index (χ2n) is 7.68. The summed E-state index contributed by atoms with van der Waals surface area (Å²) in [6.45, 7) is 3.55. The van der Waals surface area contributed by atoms with Crippen molar-refractivity contribution in [2.24, 2.45) is 5.92 Å². The lowest BCUT2D eigenvalue weighted by atomic mass is 10.1. The van der Waals surface area contributed by atoms with Crippen LogP contribution in [0.3, 0.4) is 0 Å². The lowest BCUT2D eigenvalue weighted by Crippen LogP contribution is -2.34. The molecule has 5 nitrogen and oxygen atoms in total. The van der Waals surface area contributed by atoms with Gasteiger partial charge >= 0.3 is 0 Å². The number of hydrogen-bond acceptors (Lipinski definition) is 4. The van der Waals surface area contributed by atoms with Crippen LogP contribution >= 0.6 is 11.6 Å². The van der Waals surface area contributed by atoms with Crippen LogP contribution in [0.2, 0.25) is 5.15 Å². The number of halogens is 1. The molecule has 2 fully saturated rings. The number of aromatic nitrogens is 1. The van der Waals surface area contributed by atoms with E-state index in [2.05, 4.69) is 23.3 Å². The van der Waals surface area contributed by atoms with Crippen molar-refractivity contribution in [3.63, 3.8) is 0 Å². The molecule has 2 atom stereocenters. The van der Waals surface area contributed by atoms with Crippen molar-refractivity contribution in [3.05, 3.63) is 29.1 Å². The summed E-state index contributed by atoms with van der Waals surface area (Å²) in [5.41, 5.74) is 0.967. The Morgan fingerprint density at radius 3 is 2.96 bits per heavy atom. The third-order valence-electron chi connectivity index (χ3n) is 5.58. The summed E-state index contributed by atoms with van der Waals surface area (Å²) in [7, 11) is 1.96. The van der Waals surface area contributed by atoms with E-state index in [-0.39, 0.29) is 12.0 Å². The van der Waals surface area contributed by atoms with Gasteiger partial charge in [-0.25, -0.2) is 4.98 Å². The molecule has 0 spiro atoms. The lowest BCUT2D eigenvalue weighted by Gasteiger charge is -2.20. The van der Waals surface area contributed by atoms with Crippen LogP contribution in [-0.4, -0.2) is 48.1 Å². The Hall–Kier alpha value is -1.59. The SMILES string of the molecule is CN[C@@H](C)C/C=C/c1cnc(Cl)c(O[C@H]2CCN(C(=O)C3CCCC3)C2)c1. The van der Waals surface area contributed by atoms with Crippen molar-refractivity contribution in [2.75, 3.05) is 20.1 Å². The Bertz CT molecular complexity index is 673. The average Bonchev–Trinajstić information content (AvgIpc) is 3.35. The highest BCUT2D eigenvalue weighted by Crippen LogP contribution is 2.30. The van der Waals surface area contributed by atoms with Crippen LogP contribution in [-0.2, 0) is 4.79 Å². The normalized spacial score (nSPS) is 21.9. The molecule has 1 aromatic rings. The van der Waals surface area contributed by atoms with Gasteiger partial charge in [0.2, 0.25) is 5.91 Å². The van der Waals surface area contributed by atoms with Crippen molar-refractivity contribution in [1.82, 2.24) is 15.2 Å². The van der Waals surface area contributed by atoms with Crippen LogP contribution in [0.15, 0.2) is 18.3 Å². The smallest absolute Gasteiger partial charge is 0.225 e. The molecule has 1 saturated carbocycles. The number of amides is 1. The average molecular weight is 392 g/mol. The third kappa shape index (κ3) is 5.45. The highest BCUT2D eigenvalue weighted by atomic mass is 35.5. The molecule has 27 heavy (non-hydrogen) atoms. The standard InChI is InChI=1S/C21H30ClN3O2/c1-15(23-2)6-5-7-16-12-19(20(22)24-13-16)27-18-10-11-25(14-18)21(26)17-8-3-4-9-17/h5,7,12-13,15,17-18,23H,3-4,6,8-11,14H2,1-2H3/b7-5+/t15-,18-/m0/s1. The number of hydrogen-bond donors (Lipinski definition) is 1. The Kier molecular flexibility index (Phi) is 7.13. The Balaban J connectivity index is 1.57. The van der Waals surface area contributed by atoms with Gasteiger partial charge in [0.25, 0.3) is 0 Å². The minimum Gasteiger partial charge on any atom is -0.485 e. The van der Waals surface area contributed by atoms with Gasteiger partial charge in [0.1, 0.15) is 6.10 Å². The number of ether oxygens (including phenoxy) is 1. The van der Waals surface area contributed by atoms with Gasteiger partial charge in [-0.05, 0) is 44.9 Å². The predicted molar refractivity (Wildman–Crippen MR) is 109 cm³/mol. The molecule has 0 bridgehead atoms. The van der Waals surface area contributed by atoms with Crippen molar-refractivity contribution < 1.29 is 9.53 Å². The number of nitrogens with one attached hydrogen (secondary N) is 1. The van der Waals surface area contributed by atoms with Crippen molar-refractivity contribution in [2.45, 2.75) is 57.6 Å². The third-order valence-corrected chi connectivity index (χ3v) is 5.86. The maximum Gasteiger partial charge on any atom is 0.225 e. The second-order valence-corrected chi connectivity index (χ2v) is 8.04. The molecule has 1 saturated heterocycles. The molecule has 0 aromatic carbocycles. The van der Waals surface area contributed by atoms with Gasteiger partial charge in [-0.2, -0.15) is 0 Å². The van der Waals surface area contributed by atoms with Crippen LogP contribution < -0.4 is 10.1 Å². The van der Waals surface area contributed by atoms with Gasteiger partial charge in [0.05, 0.1) is 6.54 Å². The van der Waals surface area contributed by atoms with E-state index in [1.165, 1.54) is 12.8 Å². The molecule has 2 heterocycles. The molecule has 2 aliphatic rings. The van der Waals surface area contributed by atoms with Crippen molar-refractivity contribution in [1.29, 1.82) is 0 Å². The monoisotopic (exact) mass is 391 g/mol. The molecular formula is C21H30ClN3O2. The molecular weight excluding hydrogens is 362 g/mol. The number of carbonyl (C=O) groups excluding carboxylic acids is 1. The Labute approximate surface area is 167 Å². The molecule has 1 aliphatic carbocycles. The highest BCUT2D eigenvalue weighted by molar-refractivity contribution is 6.30. The minimum absolute atomic E-state index is 0.0156. The van der Waals surface area contributed by atoms with Gasteiger partial charge in [0.15, 0.2) is 10.9 Å². The summed E-state index contributed by atoms with van der Waals surface area (Å²) in [6, 6.07) is 2.36. The van der Waals surface area contributed by atoms with Gasteiger partial charge in [0, 0.05) is 31.1 Å². The first kappa shape index (κ1) is 20.2. The fourth-order valence-electron chi connectivity index (χ4n) is 3.78. The lowest BCUT2D eigenvalue weighted by molar-refractivity contribution is -0.134. The van der Waals surface area contributed by atoms with E-state index in [1.54, 1.807) is 6.20 Å². The summed E-state index contributed by atoms with van der Waals surface area (Å²) in [5, 5.41) is 3.58. The van der Waals surface area contributed by atoms with Crippen LogP contribution in [0.25, 0.3) is 6.08 Å². The second kappa shape index (κ2) is 9.56. The van der Waals surface area contributed by atoms with Gasteiger partial charge in [-0.3, -0.25) is 4.79 Å². The van der Waals surface area contributed by atoms with E-state index in [9.17, 15) is 4.79 Å². The summed E-state index contributed by atoms with van der Waals surface area (Å²) < 4.78 is 6.10. The van der Waals surface area contributed by atoms with Crippen LogP contribution in [0.5, 0.6) is 5.75 Å². The molecule has 3 rings (SSSR count). The summed E-state index contributed by atoms with van der Waals surface area (Å²) in [4.78, 5) is 18.8.